The molecule has 0 aliphatic heterocycles. The molecule has 0 aromatic heterocycles. The minimum absolute atomic E-state index is 0.316. The van der Waals surface area contributed by atoms with Crippen LogP contribution in [0, 0.1) is 0 Å². The van der Waals surface area contributed by atoms with E-state index in [9.17, 15) is 4.79 Å². The van der Waals surface area contributed by atoms with Gasteiger partial charge in [0.2, 0.25) is 0 Å². The summed E-state index contributed by atoms with van der Waals surface area (Å²) in [6, 6.07) is 0. The lowest BCUT2D eigenvalue weighted by molar-refractivity contribution is -0.171. The summed E-state index contributed by atoms with van der Waals surface area (Å²) < 4.78 is 0. The molecule has 0 aromatic carbocycles. The Morgan fingerprint density at radius 1 is 1.55 bits per heavy atom. The van der Waals surface area contributed by atoms with Crippen LogP contribution in [0.2, 0.25) is 0 Å². The highest BCUT2D eigenvalue weighted by Crippen LogP contribution is 1.90. The minimum atomic E-state index is -0.316. The van der Waals surface area contributed by atoms with Crippen molar-refractivity contribution in [1.82, 2.24) is 5.06 Å². The molecule has 11 heavy (non-hydrogen) atoms. The smallest absolute Gasteiger partial charge is 0.349 e. The zero-order valence-corrected chi connectivity index (χ0v) is 7.33. The van der Waals surface area contributed by atoms with Gasteiger partial charge in [-0.1, -0.05) is 19.4 Å². The van der Waals surface area contributed by atoms with Crippen molar-refractivity contribution in [1.29, 1.82) is 0 Å². The molecule has 3 nitrogen and oxygen atoms in total. The second-order valence-electron chi connectivity index (χ2n) is 2.41. The molecule has 0 spiro atoms. The van der Waals surface area contributed by atoms with E-state index in [1.54, 1.807) is 14.1 Å². The van der Waals surface area contributed by atoms with Crippen molar-refractivity contribution in [3.8, 4) is 0 Å². The van der Waals surface area contributed by atoms with Crippen LogP contribution in [0.4, 0.5) is 0 Å². The Balaban J connectivity index is 3.51. The Morgan fingerprint density at radius 3 is 2.64 bits per heavy atom. The first-order valence-corrected chi connectivity index (χ1v) is 3.72. The van der Waals surface area contributed by atoms with Crippen molar-refractivity contribution in [3.63, 3.8) is 0 Å². The van der Waals surface area contributed by atoms with Crippen LogP contribution in [0.3, 0.4) is 0 Å². The average Bonchev–Trinajstić information content (AvgIpc) is 1.86. The largest absolute Gasteiger partial charge is 0.365 e. The molecule has 0 bridgehead atoms. The molecule has 0 N–H and O–H groups in total. The van der Waals surface area contributed by atoms with Crippen molar-refractivity contribution >= 4 is 5.97 Å². The van der Waals surface area contributed by atoms with Crippen molar-refractivity contribution in [2.75, 3.05) is 14.1 Å². The zero-order valence-electron chi connectivity index (χ0n) is 7.33. The number of hydrogen-bond donors (Lipinski definition) is 0. The third-order valence-corrected chi connectivity index (χ3v) is 0.982. The number of allylic oxidation sites excluding steroid dienone is 1. The first kappa shape index (κ1) is 10.2. The molecule has 0 aliphatic carbocycles. The van der Waals surface area contributed by atoms with Crippen LogP contribution in [0.1, 0.15) is 19.8 Å². The van der Waals surface area contributed by atoms with Gasteiger partial charge in [0, 0.05) is 20.2 Å². The van der Waals surface area contributed by atoms with Crippen LogP contribution in [-0.2, 0) is 9.63 Å². The fraction of sp³-hybridized carbons (Fsp3) is 0.625. The van der Waals surface area contributed by atoms with E-state index < -0.39 is 0 Å². The molecular weight excluding hydrogens is 142 g/mol. The predicted octanol–water partition coefficient (Wildman–Crippen LogP) is 1.36. The monoisotopic (exact) mass is 157 g/mol. The number of nitrogens with zero attached hydrogens (tertiary/aromatic N) is 1. The Hall–Kier alpha value is -0.830. The van der Waals surface area contributed by atoms with E-state index in [1.165, 1.54) is 11.1 Å². The average molecular weight is 157 g/mol. The predicted molar refractivity (Wildman–Crippen MR) is 43.8 cm³/mol. The van der Waals surface area contributed by atoms with Gasteiger partial charge in [0.05, 0.1) is 0 Å². The molecule has 0 rings (SSSR count). The standard InChI is InChI=1S/C8H15NO2/c1-4-5-6-7-8(10)11-9(2)3/h6-7H,4-5H2,1-3H3. The summed E-state index contributed by atoms with van der Waals surface area (Å²) >= 11 is 0. The summed E-state index contributed by atoms with van der Waals surface area (Å²) in [6.07, 6.45) is 5.23. The van der Waals surface area contributed by atoms with Crippen LogP contribution in [-0.4, -0.2) is 25.1 Å². The fourth-order valence-corrected chi connectivity index (χ4v) is 0.557. The summed E-state index contributed by atoms with van der Waals surface area (Å²) in [5.74, 6) is -0.316. The van der Waals surface area contributed by atoms with Gasteiger partial charge in [0.1, 0.15) is 0 Å². The molecule has 0 saturated heterocycles. The molecule has 0 radical (unpaired) electrons. The lowest BCUT2D eigenvalue weighted by Gasteiger charge is -2.06. The van der Waals surface area contributed by atoms with E-state index >= 15 is 0 Å². The van der Waals surface area contributed by atoms with Crippen molar-refractivity contribution < 1.29 is 9.63 Å². The second kappa shape index (κ2) is 5.92. The number of rotatable bonds is 4. The molecule has 3 heteroatoms. The zero-order chi connectivity index (χ0) is 8.69. The highest BCUT2D eigenvalue weighted by Gasteiger charge is 1.96. The molecule has 0 fully saturated rings. The van der Waals surface area contributed by atoms with Crippen molar-refractivity contribution in [2.45, 2.75) is 19.8 Å². The van der Waals surface area contributed by atoms with Crippen LogP contribution in [0.5, 0.6) is 0 Å². The lowest BCUT2D eigenvalue weighted by atomic mass is 10.3. The van der Waals surface area contributed by atoms with Gasteiger partial charge in [-0.2, -0.15) is 0 Å². The van der Waals surface area contributed by atoms with E-state index in [0.717, 1.165) is 12.8 Å². The maximum atomic E-state index is 10.8. The topological polar surface area (TPSA) is 29.5 Å². The summed E-state index contributed by atoms with van der Waals surface area (Å²) in [5, 5.41) is 1.37. The second-order valence-corrected chi connectivity index (χ2v) is 2.41. The summed E-state index contributed by atoms with van der Waals surface area (Å²) in [7, 11) is 3.34. The molecule has 0 saturated carbocycles. The molecule has 0 atom stereocenters. The summed E-state index contributed by atoms with van der Waals surface area (Å²) in [5.41, 5.74) is 0. The van der Waals surface area contributed by atoms with Crippen LogP contribution in [0.25, 0.3) is 0 Å². The van der Waals surface area contributed by atoms with Crippen molar-refractivity contribution in [2.24, 2.45) is 0 Å². The molecule has 0 aromatic rings. The number of hydrogen-bond acceptors (Lipinski definition) is 3. The van der Waals surface area contributed by atoms with Crippen molar-refractivity contribution in [3.05, 3.63) is 12.2 Å². The summed E-state index contributed by atoms with van der Waals surface area (Å²) in [4.78, 5) is 15.5. The number of carbonyl (C=O) groups excluding carboxylic acids is 1. The van der Waals surface area contributed by atoms with Gasteiger partial charge in [-0.05, 0) is 6.42 Å². The molecule has 0 amide bonds. The van der Waals surface area contributed by atoms with Gasteiger partial charge in [0.15, 0.2) is 0 Å². The first-order chi connectivity index (χ1) is 5.16. The summed E-state index contributed by atoms with van der Waals surface area (Å²) in [6.45, 7) is 2.06. The lowest BCUT2D eigenvalue weighted by Crippen LogP contribution is -2.16. The fourth-order valence-electron chi connectivity index (χ4n) is 0.557. The number of hydroxylamine groups is 2. The minimum Gasteiger partial charge on any atom is -0.365 e. The molecular formula is C8H15NO2. The molecule has 64 valence electrons. The van der Waals surface area contributed by atoms with Gasteiger partial charge >= 0.3 is 5.97 Å². The Morgan fingerprint density at radius 2 is 2.18 bits per heavy atom. The Labute approximate surface area is 67.6 Å². The first-order valence-electron chi connectivity index (χ1n) is 3.72. The van der Waals surface area contributed by atoms with E-state index in [2.05, 4.69) is 6.92 Å². The number of unbranched alkanes of at least 4 members (excludes halogenated alkanes) is 1. The molecule has 0 aliphatic rings. The van der Waals surface area contributed by atoms with Crippen LogP contribution >= 0.6 is 0 Å². The van der Waals surface area contributed by atoms with Gasteiger partial charge in [-0.15, -0.1) is 5.06 Å². The normalized spacial score (nSPS) is 10.9. The highest BCUT2D eigenvalue weighted by atomic mass is 16.7. The number of carbonyl (C=O) groups is 1. The Bertz CT molecular complexity index is 141. The Kier molecular flexibility index (Phi) is 5.47. The van der Waals surface area contributed by atoms with Gasteiger partial charge in [-0.3, -0.25) is 0 Å². The van der Waals surface area contributed by atoms with E-state index in [0.29, 0.717) is 0 Å². The highest BCUT2D eigenvalue weighted by molar-refractivity contribution is 5.81. The third kappa shape index (κ3) is 7.06. The quantitative estimate of drug-likeness (QED) is 0.456. The van der Waals surface area contributed by atoms with E-state index in [4.69, 9.17) is 4.84 Å². The maximum absolute atomic E-state index is 10.8. The molecule has 0 heterocycles. The van der Waals surface area contributed by atoms with E-state index in [-0.39, 0.29) is 5.97 Å². The SMILES string of the molecule is CCCC=CC(=O)ON(C)C. The maximum Gasteiger partial charge on any atom is 0.349 e. The molecule has 0 unspecified atom stereocenters. The van der Waals surface area contributed by atoms with Gasteiger partial charge in [0.25, 0.3) is 0 Å². The van der Waals surface area contributed by atoms with Crippen LogP contribution < -0.4 is 0 Å². The third-order valence-electron chi connectivity index (χ3n) is 0.982. The van der Waals surface area contributed by atoms with Gasteiger partial charge < -0.3 is 4.84 Å². The van der Waals surface area contributed by atoms with E-state index in [1.807, 2.05) is 6.08 Å². The van der Waals surface area contributed by atoms with Crippen LogP contribution in [0.15, 0.2) is 12.2 Å². The van der Waals surface area contributed by atoms with Gasteiger partial charge in [-0.25, -0.2) is 4.79 Å².